The van der Waals surface area contributed by atoms with Gasteiger partial charge in [-0.05, 0) is 41.5 Å². The first-order valence-corrected chi connectivity index (χ1v) is 7.06. The molecule has 0 fully saturated rings. The van der Waals surface area contributed by atoms with Crippen LogP contribution >= 0.6 is 15.9 Å². The number of hydrogen-bond acceptors (Lipinski definition) is 2. The highest BCUT2D eigenvalue weighted by atomic mass is 79.9. The van der Waals surface area contributed by atoms with E-state index < -0.39 is 11.6 Å². The van der Waals surface area contributed by atoms with Crippen LogP contribution in [0.2, 0.25) is 0 Å². The molecule has 0 unspecified atom stereocenters. The smallest absolute Gasteiger partial charge is 0.141 e. The van der Waals surface area contributed by atoms with Crippen molar-refractivity contribution < 1.29 is 18.3 Å². The zero-order valence-corrected chi connectivity index (χ0v) is 12.9. The molecule has 0 bridgehead atoms. The normalized spacial score (nSPS) is 10.5. The van der Waals surface area contributed by atoms with Crippen LogP contribution in [0, 0.1) is 11.6 Å². The molecule has 0 saturated carbocycles. The fraction of sp³-hybridized carbons (Fsp3) is 0.188. The molecule has 2 nitrogen and oxygen atoms in total. The summed E-state index contributed by atoms with van der Waals surface area (Å²) in [5.74, 6) is -0.840. The van der Waals surface area contributed by atoms with E-state index in [9.17, 15) is 13.6 Å². The molecule has 110 valence electrons. The van der Waals surface area contributed by atoms with Crippen LogP contribution in [0.5, 0.6) is 5.75 Å². The van der Waals surface area contributed by atoms with Gasteiger partial charge >= 0.3 is 0 Å². The Bertz CT molecular complexity index is 651. The molecule has 0 atom stereocenters. The number of ketones is 1. The van der Waals surface area contributed by atoms with Gasteiger partial charge < -0.3 is 4.74 Å². The Hall–Kier alpha value is -1.75. The molecular formula is C16H13BrF2O2. The maximum Gasteiger partial charge on any atom is 0.141 e. The Morgan fingerprint density at radius 1 is 1.10 bits per heavy atom. The summed E-state index contributed by atoms with van der Waals surface area (Å²) in [4.78, 5) is 12.0. The minimum atomic E-state index is -0.680. The first kappa shape index (κ1) is 15.6. The summed E-state index contributed by atoms with van der Waals surface area (Å²) < 4.78 is 32.1. The van der Waals surface area contributed by atoms with Gasteiger partial charge in [0.25, 0.3) is 0 Å². The monoisotopic (exact) mass is 354 g/mol. The Labute approximate surface area is 129 Å². The third-order valence-electron chi connectivity index (χ3n) is 2.96. The second kappa shape index (κ2) is 6.80. The molecule has 2 aromatic rings. The number of halogens is 3. The van der Waals surface area contributed by atoms with Gasteiger partial charge in [0.15, 0.2) is 0 Å². The van der Waals surface area contributed by atoms with Crippen molar-refractivity contribution in [1.82, 2.24) is 0 Å². The van der Waals surface area contributed by atoms with Crippen molar-refractivity contribution in [2.75, 3.05) is 7.11 Å². The molecule has 0 N–H and O–H groups in total. The largest absolute Gasteiger partial charge is 0.497 e. The maximum atomic E-state index is 13.1. The zero-order chi connectivity index (χ0) is 15.4. The van der Waals surface area contributed by atoms with Crippen LogP contribution < -0.4 is 4.74 Å². The fourth-order valence-electron chi connectivity index (χ4n) is 2.03. The lowest BCUT2D eigenvalue weighted by atomic mass is 10.0. The molecule has 0 aliphatic rings. The summed E-state index contributed by atoms with van der Waals surface area (Å²) in [6, 6.07) is 8.45. The SMILES string of the molecule is COc1ccc(Br)c(CC(=O)Cc2cc(F)cc(F)c2)c1. The number of methoxy groups -OCH3 is 1. The van der Waals surface area contributed by atoms with Crippen molar-refractivity contribution in [3.8, 4) is 5.75 Å². The summed E-state index contributed by atoms with van der Waals surface area (Å²) >= 11 is 3.37. The fourth-order valence-corrected chi connectivity index (χ4v) is 2.42. The standard InChI is InChI=1S/C16H13BrF2O2/c1-21-15-2-3-16(17)11(8-15)7-14(20)6-10-4-12(18)9-13(19)5-10/h2-5,8-9H,6-7H2,1H3. The number of rotatable bonds is 5. The van der Waals surface area contributed by atoms with Gasteiger partial charge in [0, 0.05) is 23.4 Å². The molecule has 0 saturated heterocycles. The van der Waals surface area contributed by atoms with Gasteiger partial charge in [0.2, 0.25) is 0 Å². The van der Waals surface area contributed by atoms with E-state index in [0.29, 0.717) is 11.3 Å². The molecule has 0 aromatic heterocycles. The van der Waals surface area contributed by atoms with Crippen LogP contribution in [0.25, 0.3) is 0 Å². The van der Waals surface area contributed by atoms with Crippen molar-refractivity contribution in [1.29, 1.82) is 0 Å². The van der Waals surface area contributed by atoms with E-state index >= 15 is 0 Å². The molecule has 2 rings (SSSR count). The lowest BCUT2D eigenvalue weighted by molar-refractivity contribution is -0.117. The number of benzene rings is 2. The third kappa shape index (κ3) is 4.36. The van der Waals surface area contributed by atoms with Crippen LogP contribution in [0.4, 0.5) is 8.78 Å². The zero-order valence-electron chi connectivity index (χ0n) is 11.3. The van der Waals surface area contributed by atoms with Crippen molar-refractivity contribution in [2.24, 2.45) is 0 Å². The van der Waals surface area contributed by atoms with E-state index in [1.165, 1.54) is 12.1 Å². The summed E-state index contributed by atoms with van der Waals surface area (Å²) in [6.07, 6.45) is 0.147. The van der Waals surface area contributed by atoms with Crippen molar-refractivity contribution >= 4 is 21.7 Å². The predicted octanol–water partition coefficient (Wildman–Crippen LogP) is 4.09. The van der Waals surface area contributed by atoms with Crippen molar-refractivity contribution in [3.05, 3.63) is 63.6 Å². The van der Waals surface area contributed by atoms with E-state index in [-0.39, 0.29) is 18.6 Å². The molecule has 0 aliphatic heterocycles. The molecule has 0 aliphatic carbocycles. The summed E-state index contributed by atoms with van der Waals surface area (Å²) in [7, 11) is 1.55. The van der Waals surface area contributed by atoms with E-state index in [0.717, 1.165) is 16.1 Å². The van der Waals surface area contributed by atoms with Crippen LogP contribution in [0.3, 0.4) is 0 Å². The van der Waals surface area contributed by atoms with E-state index in [1.54, 1.807) is 25.3 Å². The van der Waals surface area contributed by atoms with Crippen LogP contribution in [-0.4, -0.2) is 12.9 Å². The van der Waals surface area contributed by atoms with Gasteiger partial charge in [-0.25, -0.2) is 8.78 Å². The first-order chi connectivity index (χ1) is 9.97. The molecule has 0 heterocycles. The highest BCUT2D eigenvalue weighted by molar-refractivity contribution is 9.10. The average Bonchev–Trinajstić information content (AvgIpc) is 2.40. The van der Waals surface area contributed by atoms with Crippen LogP contribution in [0.1, 0.15) is 11.1 Å². The summed E-state index contributed by atoms with van der Waals surface area (Å²) in [5, 5.41) is 0. The molecule has 21 heavy (non-hydrogen) atoms. The molecule has 2 aromatic carbocycles. The molecule has 0 radical (unpaired) electrons. The second-order valence-electron chi connectivity index (χ2n) is 4.63. The highest BCUT2D eigenvalue weighted by Gasteiger charge is 2.11. The van der Waals surface area contributed by atoms with E-state index in [4.69, 9.17) is 4.74 Å². The van der Waals surface area contributed by atoms with Crippen molar-refractivity contribution in [2.45, 2.75) is 12.8 Å². The van der Waals surface area contributed by atoms with Gasteiger partial charge in [0.1, 0.15) is 23.2 Å². The first-order valence-electron chi connectivity index (χ1n) is 6.27. The topological polar surface area (TPSA) is 26.3 Å². The predicted molar refractivity (Wildman–Crippen MR) is 79.5 cm³/mol. The number of carbonyl (C=O) groups excluding carboxylic acids is 1. The molecular weight excluding hydrogens is 342 g/mol. The Kier molecular flexibility index (Phi) is 5.07. The minimum absolute atomic E-state index is 0.0155. The van der Waals surface area contributed by atoms with Gasteiger partial charge in [-0.1, -0.05) is 15.9 Å². The third-order valence-corrected chi connectivity index (χ3v) is 3.74. The van der Waals surface area contributed by atoms with Gasteiger partial charge in [-0.15, -0.1) is 0 Å². The van der Waals surface area contributed by atoms with Crippen LogP contribution in [-0.2, 0) is 17.6 Å². The number of carbonyl (C=O) groups is 1. The Morgan fingerprint density at radius 2 is 1.76 bits per heavy atom. The maximum absolute atomic E-state index is 13.1. The van der Waals surface area contributed by atoms with Gasteiger partial charge in [-0.3, -0.25) is 4.79 Å². The molecule has 5 heteroatoms. The minimum Gasteiger partial charge on any atom is -0.497 e. The molecule has 0 spiro atoms. The average molecular weight is 355 g/mol. The van der Waals surface area contributed by atoms with E-state index in [1.807, 2.05) is 0 Å². The second-order valence-corrected chi connectivity index (χ2v) is 5.48. The Balaban J connectivity index is 2.11. The summed E-state index contributed by atoms with van der Waals surface area (Å²) in [6.45, 7) is 0. The van der Waals surface area contributed by atoms with Gasteiger partial charge in [0.05, 0.1) is 7.11 Å². The Morgan fingerprint density at radius 3 is 2.38 bits per heavy atom. The van der Waals surface area contributed by atoms with Gasteiger partial charge in [-0.2, -0.15) is 0 Å². The van der Waals surface area contributed by atoms with E-state index in [2.05, 4.69) is 15.9 Å². The number of Topliss-reactive ketones (excluding diaryl/α,β-unsaturated/α-hetero) is 1. The lowest BCUT2D eigenvalue weighted by Gasteiger charge is -2.07. The number of hydrogen-bond donors (Lipinski definition) is 0. The highest BCUT2D eigenvalue weighted by Crippen LogP contribution is 2.23. The quantitative estimate of drug-likeness (QED) is 0.808. The lowest BCUT2D eigenvalue weighted by Crippen LogP contribution is -2.08. The molecule has 0 amide bonds. The number of ether oxygens (including phenoxy) is 1. The summed E-state index contributed by atoms with van der Waals surface area (Å²) in [5.41, 5.74) is 1.10. The van der Waals surface area contributed by atoms with Crippen LogP contribution in [0.15, 0.2) is 40.9 Å². The van der Waals surface area contributed by atoms with Crippen molar-refractivity contribution in [3.63, 3.8) is 0 Å².